The normalized spacial score (nSPS) is 21.9. The third-order valence-electron chi connectivity index (χ3n) is 5.59. The number of carbonyl (C=O) groups is 1. The van der Waals surface area contributed by atoms with E-state index in [1.807, 2.05) is 24.0 Å². The third-order valence-corrected chi connectivity index (χ3v) is 5.59. The van der Waals surface area contributed by atoms with Gasteiger partial charge in [-0.1, -0.05) is 0 Å². The standard InChI is InChI=1S/C19H19FN6O/c1-12-21-22-17-6-7-18(23-26(12)17)24-8-14-10-25(11-15(14)9-24)19(27)13-2-4-16(20)5-3-13/h2-7,14-15H,8-11H2,1H3. The summed E-state index contributed by atoms with van der Waals surface area (Å²) in [6, 6.07) is 9.69. The van der Waals surface area contributed by atoms with Crippen molar-refractivity contribution in [3.05, 3.63) is 53.6 Å². The van der Waals surface area contributed by atoms with Crippen LogP contribution in [0.25, 0.3) is 5.65 Å². The maximum Gasteiger partial charge on any atom is 0.253 e. The zero-order valence-electron chi connectivity index (χ0n) is 14.9. The first kappa shape index (κ1) is 16.2. The molecule has 2 atom stereocenters. The molecule has 0 bridgehead atoms. The van der Waals surface area contributed by atoms with E-state index in [-0.39, 0.29) is 11.7 Å². The van der Waals surface area contributed by atoms with Crippen LogP contribution in [0.2, 0.25) is 0 Å². The molecule has 0 spiro atoms. The van der Waals surface area contributed by atoms with E-state index in [0.717, 1.165) is 43.5 Å². The molecule has 2 saturated heterocycles. The number of hydrogen-bond acceptors (Lipinski definition) is 5. The molecule has 1 amide bonds. The Kier molecular flexibility index (Phi) is 3.60. The first-order chi connectivity index (χ1) is 13.1. The van der Waals surface area contributed by atoms with Crippen molar-refractivity contribution in [2.75, 3.05) is 31.1 Å². The van der Waals surface area contributed by atoms with Crippen LogP contribution >= 0.6 is 0 Å². The van der Waals surface area contributed by atoms with Gasteiger partial charge in [0.1, 0.15) is 11.6 Å². The van der Waals surface area contributed by atoms with Crippen molar-refractivity contribution in [1.82, 2.24) is 24.7 Å². The highest BCUT2D eigenvalue weighted by atomic mass is 19.1. The van der Waals surface area contributed by atoms with Crippen LogP contribution in [0.15, 0.2) is 36.4 Å². The fourth-order valence-electron chi connectivity index (χ4n) is 4.18. The molecule has 3 aromatic rings. The number of likely N-dealkylation sites (tertiary alicyclic amines) is 1. The van der Waals surface area contributed by atoms with E-state index in [9.17, 15) is 9.18 Å². The fraction of sp³-hybridized carbons (Fsp3) is 0.368. The van der Waals surface area contributed by atoms with Gasteiger partial charge < -0.3 is 9.80 Å². The molecule has 0 aliphatic carbocycles. The number of amides is 1. The summed E-state index contributed by atoms with van der Waals surface area (Å²) in [5, 5.41) is 12.8. The highest BCUT2D eigenvalue weighted by Gasteiger charge is 2.42. The molecule has 2 aliphatic rings. The lowest BCUT2D eigenvalue weighted by molar-refractivity contribution is 0.0782. The highest BCUT2D eigenvalue weighted by Crippen LogP contribution is 2.34. The SMILES string of the molecule is Cc1nnc2ccc(N3CC4CN(C(=O)c5ccc(F)cc5)CC4C3)nn12. The van der Waals surface area contributed by atoms with Gasteiger partial charge in [0.25, 0.3) is 5.91 Å². The Morgan fingerprint density at radius 2 is 1.70 bits per heavy atom. The Balaban J connectivity index is 1.29. The molecule has 1 aromatic carbocycles. The van der Waals surface area contributed by atoms with Crippen molar-refractivity contribution in [3.63, 3.8) is 0 Å². The zero-order chi connectivity index (χ0) is 18.5. The van der Waals surface area contributed by atoms with E-state index in [0.29, 0.717) is 17.4 Å². The molecule has 0 saturated carbocycles. The number of anilines is 1. The number of carbonyl (C=O) groups excluding carboxylic acids is 1. The molecule has 8 heteroatoms. The molecule has 2 aromatic heterocycles. The molecule has 0 N–H and O–H groups in total. The average molecular weight is 366 g/mol. The van der Waals surface area contributed by atoms with Gasteiger partial charge in [0, 0.05) is 43.6 Å². The molecular weight excluding hydrogens is 347 g/mol. The van der Waals surface area contributed by atoms with Crippen molar-refractivity contribution >= 4 is 17.4 Å². The lowest BCUT2D eigenvalue weighted by Gasteiger charge is -2.22. The molecule has 2 unspecified atom stereocenters. The van der Waals surface area contributed by atoms with Crippen LogP contribution in [0.5, 0.6) is 0 Å². The summed E-state index contributed by atoms with van der Waals surface area (Å²) in [6.45, 7) is 5.08. The highest BCUT2D eigenvalue weighted by molar-refractivity contribution is 5.94. The molecule has 7 nitrogen and oxygen atoms in total. The van der Waals surface area contributed by atoms with Gasteiger partial charge in [-0.2, -0.15) is 4.52 Å². The Hall–Kier alpha value is -3.03. The van der Waals surface area contributed by atoms with Gasteiger partial charge in [0.15, 0.2) is 11.5 Å². The summed E-state index contributed by atoms with van der Waals surface area (Å²) in [7, 11) is 0. The van der Waals surface area contributed by atoms with Crippen LogP contribution < -0.4 is 4.90 Å². The number of aryl methyl sites for hydroxylation is 1. The van der Waals surface area contributed by atoms with E-state index in [1.54, 1.807) is 16.6 Å². The summed E-state index contributed by atoms with van der Waals surface area (Å²) in [6.07, 6.45) is 0. The Morgan fingerprint density at radius 1 is 1.00 bits per heavy atom. The second-order valence-electron chi connectivity index (χ2n) is 7.35. The summed E-state index contributed by atoms with van der Waals surface area (Å²) >= 11 is 0. The lowest BCUT2D eigenvalue weighted by atomic mass is 10.0. The van der Waals surface area contributed by atoms with Crippen LogP contribution in [-0.2, 0) is 0 Å². The molecule has 0 radical (unpaired) electrons. The number of fused-ring (bicyclic) bond motifs is 2. The van der Waals surface area contributed by atoms with Gasteiger partial charge in [0.05, 0.1) is 0 Å². The molecule has 138 valence electrons. The van der Waals surface area contributed by atoms with Crippen LogP contribution in [0, 0.1) is 24.6 Å². The van der Waals surface area contributed by atoms with Crippen molar-refractivity contribution in [1.29, 1.82) is 0 Å². The summed E-state index contributed by atoms with van der Waals surface area (Å²) < 4.78 is 14.8. The minimum absolute atomic E-state index is 0.0180. The van der Waals surface area contributed by atoms with Crippen LogP contribution in [-0.4, -0.2) is 56.8 Å². The fourth-order valence-corrected chi connectivity index (χ4v) is 4.18. The van der Waals surface area contributed by atoms with Crippen molar-refractivity contribution in [2.24, 2.45) is 11.8 Å². The lowest BCUT2D eigenvalue weighted by Crippen LogP contribution is -2.33. The van der Waals surface area contributed by atoms with E-state index < -0.39 is 0 Å². The van der Waals surface area contributed by atoms with Crippen molar-refractivity contribution < 1.29 is 9.18 Å². The maximum absolute atomic E-state index is 13.1. The second kappa shape index (κ2) is 6.00. The Morgan fingerprint density at radius 3 is 2.41 bits per heavy atom. The summed E-state index contributed by atoms with van der Waals surface area (Å²) in [5.74, 6) is 2.19. The van der Waals surface area contributed by atoms with E-state index in [2.05, 4.69) is 20.2 Å². The summed E-state index contributed by atoms with van der Waals surface area (Å²) in [4.78, 5) is 16.8. The monoisotopic (exact) mass is 366 g/mol. The van der Waals surface area contributed by atoms with Gasteiger partial charge in [-0.15, -0.1) is 15.3 Å². The van der Waals surface area contributed by atoms with Crippen LogP contribution in [0.1, 0.15) is 16.2 Å². The predicted octanol–water partition coefficient (Wildman–Crippen LogP) is 1.78. The van der Waals surface area contributed by atoms with Crippen molar-refractivity contribution in [3.8, 4) is 0 Å². The topological polar surface area (TPSA) is 66.6 Å². The Bertz CT molecular complexity index is 1000. The van der Waals surface area contributed by atoms with Crippen LogP contribution in [0.4, 0.5) is 10.2 Å². The minimum Gasteiger partial charge on any atom is -0.354 e. The maximum atomic E-state index is 13.1. The largest absolute Gasteiger partial charge is 0.354 e. The first-order valence-electron chi connectivity index (χ1n) is 9.07. The second-order valence-corrected chi connectivity index (χ2v) is 7.35. The number of nitrogens with zero attached hydrogens (tertiary/aromatic N) is 6. The predicted molar refractivity (Wildman–Crippen MR) is 97.0 cm³/mol. The van der Waals surface area contributed by atoms with Crippen molar-refractivity contribution in [2.45, 2.75) is 6.92 Å². The van der Waals surface area contributed by atoms with E-state index in [4.69, 9.17) is 0 Å². The van der Waals surface area contributed by atoms with Crippen LogP contribution in [0.3, 0.4) is 0 Å². The van der Waals surface area contributed by atoms with Gasteiger partial charge in [-0.3, -0.25) is 4.79 Å². The van der Waals surface area contributed by atoms with Gasteiger partial charge >= 0.3 is 0 Å². The Labute approximate surface area is 155 Å². The number of rotatable bonds is 2. The molecule has 2 aliphatic heterocycles. The smallest absolute Gasteiger partial charge is 0.253 e. The number of halogens is 1. The van der Waals surface area contributed by atoms with Gasteiger partial charge in [-0.25, -0.2) is 4.39 Å². The van der Waals surface area contributed by atoms with E-state index >= 15 is 0 Å². The van der Waals surface area contributed by atoms with E-state index in [1.165, 1.54) is 12.1 Å². The molecule has 27 heavy (non-hydrogen) atoms. The van der Waals surface area contributed by atoms with Gasteiger partial charge in [0.2, 0.25) is 0 Å². The average Bonchev–Trinajstić information content (AvgIpc) is 3.35. The number of aromatic nitrogens is 4. The quantitative estimate of drug-likeness (QED) is 0.692. The molecule has 5 rings (SSSR count). The minimum atomic E-state index is -0.326. The molecule has 2 fully saturated rings. The number of benzene rings is 1. The third kappa shape index (κ3) is 2.72. The summed E-state index contributed by atoms with van der Waals surface area (Å²) in [5.41, 5.74) is 1.29. The number of hydrogen-bond donors (Lipinski definition) is 0. The molecule has 4 heterocycles. The molecular formula is C19H19FN6O. The zero-order valence-corrected chi connectivity index (χ0v) is 14.9. The van der Waals surface area contributed by atoms with Gasteiger partial charge in [-0.05, 0) is 43.3 Å². The first-order valence-corrected chi connectivity index (χ1v) is 9.07.